The second-order valence-corrected chi connectivity index (χ2v) is 9.41. The first-order valence-electron chi connectivity index (χ1n) is 8.10. The number of nitrogens with one attached hydrogen (secondary N) is 1. The van der Waals surface area contributed by atoms with E-state index in [0.717, 1.165) is 0 Å². The van der Waals surface area contributed by atoms with Crippen molar-refractivity contribution in [2.75, 3.05) is 33.0 Å². The minimum atomic E-state index is -3.14. The molecule has 1 aromatic carbocycles. The van der Waals surface area contributed by atoms with Crippen molar-refractivity contribution in [2.45, 2.75) is 25.1 Å². The molecule has 1 heterocycles. The monoisotopic (exact) mass is 384 g/mol. The Morgan fingerprint density at radius 3 is 2.69 bits per heavy atom. The van der Waals surface area contributed by atoms with E-state index in [9.17, 15) is 18.5 Å². The fourth-order valence-electron chi connectivity index (χ4n) is 2.83. The maximum absolute atomic E-state index is 12.1. The zero-order valence-corrected chi connectivity index (χ0v) is 16.2. The number of nitrogens with zero attached hydrogens (tertiary/aromatic N) is 3. The summed E-state index contributed by atoms with van der Waals surface area (Å²) in [4.78, 5) is 16.7. The Balaban J connectivity index is 2.11. The van der Waals surface area contributed by atoms with E-state index in [1.54, 1.807) is 33.0 Å². The van der Waals surface area contributed by atoms with Crippen LogP contribution < -0.4 is 10.1 Å². The van der Waals surface area contributed by atoms with Gasteiger partial charge >= 0.3 is 5.69 Å². The van der Waals surface area contributed by atoms with E-state index in [1.807, 2.05) is 4.90 Å². The Morgan fingerprint density at radius 2 is 2.15 bits per heavy atom. The van der Waals surface area contributed by atoms with Crippen LogP contribution in [0.1, 0.15) is 19.4 Å². The number of nitro benzene ring substituents is 1. The van der Waals surface area contributed by atoms with Crippen LogP contribution in [-0.4, -0.2) is 61.9 Å². The average molecular weight is 384 g/mol. The summed E-state index contributed by atoms with van der Waals surface area (Å²) >= 11 is 0. The number of benzene rings is 1. The SMILES string of the molecule is CN=C(NCc1ccc(OC)c([N+](=O)[O-])c1)N1CCS(=O)(=O)C(C)(C)C1. The molecule has 1 saturated heterocycles. The van der Waals surface area contributed by atoms with Crippen molar-refractivity contribution < 1.29 is 18.1 Å². The standard InChI is InChI=1S/C16H24N4O5S/c1-16(2)11-19(7-8-26(16,23)24)15(17-3)18-10-12-5-6-14(25-4)13(9-12)20(21)22/h5-6,9H,7-8,10-11H2,1-4H3,(H,17,18). The molecular formula is C16H24N4O5S. The molecule has 0 bridgehead atoms. The van der Waals surface area contributed by atoms with Gasteiger partial charge in [-0.3, -0.25) is 15.1 Å². The highest BCUT2D eigenvalue weighted by atomic mass is 32.2. The van der Waals surface area contributed by atoms with Gasteiger partial charge in [-0.1, -0.05) is 6.07 Å². The minimum Gasteiger partial charge on any atom is -0.490 e. The molecule has 26 heavy (non-hydrogen) atoms. The quantitative estimate of drug-likeness (QED) is 0.359. The van der Waals surface area contributed by atoms with E-state index in [1.165, 1.54) is 13.2 Å². The third-order valence-corrected chi connectivity index (χ3v) is 6.98. The third-order valence-electron chi connectivity index (χ3n) is 4.45. The molecule has 0 aliphatic carbocycles. The van der Waals surface area contributed by atoms with Crippen LogP contribution in [0.2, 0.25) is 0 Å². The number of hydrogen-bond donors (Lipinski definition) is 1. The smallest absolute Gasteiger partial charge is 0.311 e. The lowest BCUT2D eigenvalue weighted by molar-refractivity contribution is -0.385. The Labute approximate surface area is 153 Å². The van der Waals surface area contributed by atoms with Gasteiger partial charge < -0.3 is 15.0 Å². The number of hydrogen-bond acceptors (Lipinski definition) is 6. The molecule has 0 radical (unpaired) electrons. The fourth-order valence-corrected chi connectivity index (χ4v) is 4.19. The van der Waals surface area contributed by atoms with E-state index in [0.29, 0.717) is 31.2 Å². The molecule has 0 unspecified atom stereocenters. The summed E-state index contributed by atoms with van der Waals surface area (Å²) in [6, 6.07) is 4.73. The van der Waals surface area contributed by atoms with Gasteiger partial charge in [0.15, 0.2) is 21.5 Å². The van der Waals surface area contributed by atoms with Crippen molar-refractivity contribution in [1.82, 2.24) is 10.2 Å². The zero-order valence-electron chi connectivity index (χ0n) is 15.4. The molecule has 0 saturated carbocycles. The molecule has 2 rings (SSSR count). The molecule has 1 fully saturated rings. The summed E-state index contributed by atoms with van der Waals surface area (Å²) in [6.45, 7) is 4.41. The molecule has 0 atom stereocenters. The van der Waals surface area contributed by atoms with E-state index in [-0.39, 0.29) is 17.2 Å². The lowest BCUT2D eigenvalue weighted by Crippen LogP contribution is -2.57. The first kappa shape index (κ1) is 20.0. The average Bonchev–Trinajstić information content (AvgIpc) is 2.58. The molecule has 144 valence electrons. The number of sulfone groups is 1. The number of rotatable bonds is 4. The largest absolute Gasteiger partial charge is 0.490 e. The second kappa shape index (κ2) is 7.48. The number of methoxy groups -OCH3 is 1. The van der Waals surface area contributed by atoms with Crippen molar-refractivity contribution >= 4 is 21.5 Å². The Hall–Kier alpha value is -2.36. The van der Waals surface area contributed by atoms with Crippen LogP contribution >= 0.6 is 0 Å². The van der Waals surface area contributed by atoms with Crippen LogP contribution in [0.5, 0.6) is 5.75 Å². The van der Waals surface area contributed by atoms with Crippen molar-refractivity contribution in [3.05, 3.63) is 33.9 Å². The molecule has 0 spiro atoms. The van der Waals surface area contributed by atoms with E-state index < -0.39 is 19.5 Å². The first-order valence-corrected chi connectivity index (χ1v) is 9.76. The second-order valence-electron chi connectivity index (χ2n) is 6.66. The molecule has 1 aliphatic heterocycles. The van der Waals surface area contributed by atoms with Gasteiger partial charge in [0, 0.05) is 32.7 Å². The molecule has 0 aromatic heterocycles. The van der Waals surface area contributed by atoms with E-state index in [4.69, 9.17) is 4.74 Å². The molecular weight excluding hydrogens is 360 g/mol. The minimum absolute atomic E-state index is 0.0642. The lowest BCUT2D eigenvalue weighted by atomic mass is 10.2. The van der Waals surface area contributed by atoms with Crippen LogP contribution in [0.25, 0.3) is 0 Å². The van der Waals surface area contributed by atoms with Gasteiger partial charge in [-0.2, -0.15) is 0 Å². The van der Waals surface area contributed by atoms with Crippen molar-refractivity contribution in [2.24, 2.45) is 4.99 Å². The molecule has 0 amide bonds. The van der Waals surface area contributed by atoms with Gasteiger partial charge in [0.05, 0.1) is 22.5 Å². The third kappa shape index (κ3) is 4.06. The summed E-state index contributed by atoms with van der Waals surface area (Å²) in [5.74, 6) is 0.826. The van der Waals surface area contributed by atoms with Crippen LogP contribution in [-0.2, 0) is 16.4 Å². The van der Waals surface area contributed by atoms with Gasteiger partial charge in [0.1, 0.15) is 0 Å². The van der Waals surface area contributed by atoms with Crippen molar-refractivity contribution in [1.29, 1.82) is 0 Å². The van der Waals surface area contributed by atoms with Gasteiger partial charge in [0.2, 0.25) is 0 Å². The summed E-state index contributed by atoms with van der Waals surface area (Å²) in [5.41, 5.74) is 0.592. The van der Waals surface area contributed by atoms with Crippen LogP contribution in [0.15, 0.2) is 23.2 Å². The van der Waals surface area contributed by atoms with E-state index >= 15 is 0 Å². The summed E-state index contributed by atoms with van der Waals surface area (Å²) in [6.07, 6.45) is 0. The van der Waals surface area contributed by atoms with Crippen molar-refractivity contribution in [3.8, 4) is 5.75 Å². The molecule has 10 heteroatoms. The maximum Gasteiger partial charge on any atom is 0.311 e. The summed E-state index contributed by atoms with van der Waals surface area (Å²) in [5, 5.41) is 14.3. The van der Waals surface area contributed by atoms with Crippen LogP contribution in [0, 0.1) is 10.1 Å². The van der Waals surface area contributed by atoms with Crippen LogP contribution in [0.4, 0.5) is 5.69 Å². The Morgan fingerprint density at radius 1 is 1.46 bits per heavy atom. The molecule has 1 aromatic rings. The van der Waals surface area contributed by atoms with Crippen molar-refractivity contribution in [3.63, 3.8) is 0 Å². The van der Waals surface area contributed by atoms with Crippen LogP contribution in [0.3, 0.4) is 0 Å². The predicted molar refractivity (Wildman–Crippen MR) is 99.3 cm³/mol. The summed E-state index contributed by atoms with van der Waals surface area (Å²) in [7, 11) is -0.136. The highest BCUT2D eigenvalue weighted by molar-refractivity contribution is 7.92. The Kier molecular flexibility index (Phi) is 5.74. The zero-order chi connectivity index (χ0) is 19.5. The van der Waals surface area contributed by atoms with E-state index in [2.05, 4.69) is 10.3 Å². The first-order chi connectivity index (χ1) is 12.1. The van der Waals surface area contributed by atoms with Gasteiger partial charge in [0.25, 0.3) is 0 Å². The molecule has 9 nitrogen and oxygen atoms in total. The van der Waals surface area contributed by atoms with Gasteiger partial charge in [-0.25, -0.2) is 8.42 Å². The normalized spacial score (nSPS) is 19.1. The predicted octanol–water partition coefficient (Wildman–Crippen LogP) is 1.19. The number of nitro groups is 1. The number of ether oxygens (including phenoxy) is 1. The Bertz CT molecular complexity index is 820. The number of aliphatic imine (C=N–C) groups is 1. The maximum atomic E-state index is 12.1. The molecule has 1 N–H and O–H groups in total. The summed E-state index contributed by atoms with van der Waals surface area (Å²) < 4.78 is 28.4. The highest BCUT2D eigenvalue weighted by Gasteiger charge is 2.40. The highest BCUT2D eigenvalue weighted by Crippen LogP contribution is 2.27. The molecule has 1 aliphatic rings. The lowest BCUT2D eigenvalue weighted by Gasteiger charge is -2.39. The topological polar surface area (TPSA) is 114 Å². The fraction of sp³-hybridized carbons (Fsp3) is 0.562. The number of guanidine groups is 1. The van der Waals surface area contributed by atoms with Gasteiger partial charge in [-0.15, -0.1) is 0 Å². The van der Waals surface area contributed by atoms with Gasteiger partial charge in [-0.05, 0) is 25.5 Å².